The van der Waals surface area contributed by atoms with E-state index in [1.54, 1.807) is 0 Å². The summed E-state index contributed by atoms with van der Waals surface area (Å²) in [5.41, 5.74) is 1.13. The highest BCUT2D eigenvalue weighted by molar-refractivity contribution is 6.30. The lowest BCUT2D eigenvalue weighted by atomic mass is 10.1. The van der Waals surface area contributed by atoms with Gasteiger partial charge in [-0.15, -0.1) is 0 Å². The summed E-state index contributed by atoms with van der Waals surface area (Å²) in [4.78, 5) is 11.5. The molecule has 1 N–H and O–H groups in total. The molecule has 0 spiro atoms. The lowest BCUT2D eigenvalue weighted by molar-refractivity contribution is -0.118. The van der Waals surface area contributed by atoms with Crippen LogP contribution in [0.3, 0.4) is 0 Å². The highest BCUT2D eigenvalue weighted by Gasteiger charge is 2.20. The minimum Gasteiger partial charge on any atom is -0.307 e. The van der Waals surface area contributed by atoms with Crippen molar-refractivity contribution in [2.75, 3.05) is 6.54 Å². The molecule has 0 unspecified atom stereocenters. The van der Waals surface area contributed by atoms with Gasteiger partial charge in [0.1, 0.15) is 5.78 Å². The van der Waals surface area contributed by atoms with Crippen LogP contribution in [0, 0.1) is 0 Å². The van der Waals surface area contributed by atoms with E-state index >= 15 is 0 Å². The molecule has 1 aromatic rings. The van der Waals surface area contributed by atoms with Crippen molar-refractivity contribution in [1.82, 2.24) is 5.32 Å². The quantitative estimate of drug-likeness (QED) is 0.824. The fraction of sp³-hybridized carbons (Fsp3) is 0.462. The Labute approximate surface area is 101 Å². The number of aryl methyl sites for hydroxylation is 1. The molecular weight excluding hydrogens is 222 g/mol. The Morgan fingerprint density at radius 2 is 2.25 bits per heavy atom. The molecule has 0 saturated heterocycles. The van der Waals surface area contributed by atoms with Crippen LogP contribution in [0.4, 0.5) is 0 Å². The zero-order chi connectivity index (χ0) is 11.4. The molecule has 1 fully saturated rings. The van der Waals surface area contributed by atoms with Crippen LogP contribution in [-0.4, -0.2) is 18.4 Å². The largest absolute Gasteiger partial charge is 0.307 e. The highest BCUT2D eigenvalue weighted by Crippen LogP contribution is 2.18. The van der Waals surface area contributed by atoms with Crippen LogP contribution in [-0.2, 0) is 11.2 Å². The summed E-state index contributed by atoms with van der Waals surface area (Å²) in [5, 5.41) is 3.97. The number of hydrogen-bond donors (Lipinski definition) is 1. The molecule has 16 heavy (non-hydrogen) atoms. The Morgan fingerprint density at radius 1 is 1.44 bits per heavy atom. The van der Waals surface area contributed by atoms with Gasteiger partial charge in [-0.3, -0.25) is 4.79 Å². The molecule has 0 aliphatic heterocycles. The predicted molar refractivity (Wildman–Crippen MR) is 65.8 cm³/mol. The average Bonchev–Trinajstić information content (AvgIpc) is 3.07. The third-order valence-corrected chi connectivity index (χ3v) is 2.98. The van der Waals surface area contributed by atoms with Gasteiger partial charge in [-0.1, -0.05) is 23.7 Å². The lowest BCUT2D eigenvalue weighted by Crippen LogP contribution is -2.24. The number of halogens is 1. The van der Waals surface area contributed by atoms with Crippen molar-refractivity contribution in [3.05, 3.63) is 34.9 Å². The molecule has 2 rings (SSSR count). The first-order chi connectivity index (χ1) is 7.74. The highest BCUT2D eigenvalue weighted by atomic mass is 35.5. The molecule has 1 aliphatic rings. The second kappa shape index (κ2) is 5.46. The molecule has 1 aliphatic carbocycles. The Hall–Kier alpha value is -0.860. The Balaban J connectivity index is 1.71. The third-order valence-electron chi connectivity index (χ3n) is 2.75. The molecule has 0 bridgehead atoms. The number of carbonyl (C=O) groups is 1. The Bertz CT molecular complexity index is 374. The van der Waals surface area contributed by atoms with Gasteiger partial charge in [-0.25, -0.2) is 0 Å². The molecule has 1 saturated carbocycles. The SMILES string of the molecule is O=C(CCc1cccc(Cl)c1)CNC1CC1. The van der Waals surface area contributed by atoms with Crippen molar-refractivity contribution >= 4 is 17.4 Å². The molecule has 2 nitrogen and oxygen atoms in total. The Morgan fingerprint density at radius 3 is 2.94 bits per heavy atom. The van der Waals surface area contributed by atoms with Crippen molar-refractivity contribution in [1.29, 1.82) is 0 Å². The monoisotopic (exact) mass is 237 g/mol. The molecular formula is C13H16ClNO. The van der Waals surface area contributed by atoms with E-state index < -0.39 is 0 Å². The standard InChI is InChI=1S/C13H16ClNO/c14-11-3-1-2-10(8-11)4-7-13(16)9-15-12-5-6-12/h1-3,8,12,15H,4-7,9H2. The second-order valence-electron chi connectivity index (χ2n) is 4.32. The van der Waals surface area contributed by atoms with Gasteiger partial charge in [0.05, 0.1) is 6.54 Å². The molecule has 0 radical (unpaired) electrons. The minimum atomic E-state index is 0.284. The molecule has 0 atom stereocenters. The van der Waals surface area contributed by atoms with E-state index in [0.717, 1.165) is 17.0 Å². The van der Waals surface area contributed by atoms with Crippen molar-refractivity contribution in [3.63, 3.8) is 0 Å². The third kappa shape index (κ3) is 3.95. The summed E-state index contributed by atoms with van der Waals surface area (Å²) < 4.78 is 0. The average molecular weight is 238 g/mol. The number of nitrogens with one attached hydrogen (secondary N) is 1. The van der Waals surface area contributed by atoms with E-state index in [1.165, 1.54) is 12.8 Å². The summed E-state index contributed by atoms with van der Waals surface area (Å²) >= 11 is 5.87. The topological polar surface area (TPSA) is 29.1 Å². The maximum atomic E-state index is 11.5. The van der Waals surface area contributed by atoms with Gasteiger partial charge in [-0.2, -0.15) is 0 Å². The number of hydrogen-bond acceptors (Lipinski definition) is 2. The summed E-state index contributed by atoms with van der Waals surface area (Å²) in [5.74, 6) is 0.284. The molecule has 0 heterocycles. The maximum absolute atomic E-state index is 11.5. The van der Waals surface area contributed by atoms with Crippen LogP contribution >= 0.6 is 11.6 Å². The van der Waals surface area contributed by atoms with E-state index in [9.17, 15) is 4.79 Å². The molecule has 0 amide bonds. The molecule has 0 aromatic heterocycles. The maximum Gasteiger partial charge on any atom is 0.146 e. The first-order valence-corrected chi connectivity index (χ1v) is 6.11. The lowest BCUT2D eigenvalue weighted by Gasteiger charge is -2.03. The summed E-state index contributed by atoms with van der Waals surface area (Å²) in [6.07, 6.45) is 3.83. The van der Waals surface area contributed by atoms with Crippen LogP contribution in [0.15, 0.2) is 24.3 Å². The van der Waals surface area contributed by atoms with Gasteiger partial charge in [0.25, 0.3) is 0 Å². The number of rotatable bonds is 6. The first kappa shape index (κ1) is 11.6. The van der Waals surface area contributed by atoms with E-state index in [0.29, 0.717) is 19.0 Å². The van der Waals surface area contributed by atoms with Crippen molar-refractivity contribution in [2.24, 2.45) is 0 Å². The van der Waals surface area contributed by atoms with E-state index in [-0.39, 0.29) is 5.78 Å². The zero-order valence-corrected chi connectivity index (χ0v) is 9.96. The van der Waals surface area contributed by atoms with Gasteiger partial charge in [0, 0.05) is 17.5 Å². The van der Waals surface area contributed by atoms with Gasteiger partial charge in [-0.05, 0) is 37.0 Å². The molecule has 86 valence electrons. The second-order valence-corrected chi connectivity index (χ2v) is 4.76. The normalized spacial score (nSPS) is 15.1. The van der Waals surface area contributed by atoms with E-state index in [2.05, 4.69) is 5.32 Å². The van der Waals surface area contributed by atoms with Crippen LogP contribution in [0.2, 0.25) is 5.02 Å². The number of carbonyl (C=O) groups excluding carboxylic acids is 1. The zero-order valence-electron chi connectivity index (χ0n) is 9.21. The summed E-state index contributed by atoms with van der Waals surface area (Å²) in [7, 11) is 0. The molecule has 3 heteroatoms. The minimum absolute atomic E-state index is 0.284. The summed E-state index contributed by atoms with van der Waals surface area (Å²) in [6, 6.07) is 8.30. The van der Waals surface area contributed by atoms with Crippen LogP contribution < -0.4 is 5.32 Å². The van der Waals surface area contributed by atoms with Crippen molar-refractivity contribution in [3.8, 4) is 0 Å². The fourth-order valence-electron chi connectivity index (χ4n) is 1.61. The van der Waals surface area contributed by atoms with Crippen molar-refractivity contribution in [2.45, 2.75) is 31.7 Å². The predicted octanol–water partition coefficient (Wildman–Crippen LogP) is 2.59. The molecule has 1 aromatic carbocycles. The van der Waals surface area contributed by atoms with Gasteiger partial charge in [0.2, 0.25) is 0 Å². The van der Waals surface area contributed by atoms with Crippen LogP contribution in [0.5, 0.6) is 0 Å². The van der Waals surface area contributed by atoms with E-state index in [1.807, 2.05) is 24.3 Å². The van der Waals surface area contributed by atoms with Crippen LogP contribution in [0.1, 0.15) is 24.8 Å². The van der Waals surface area contributed by atoms with Gasteiger partial charge < -0.3 is 5.32 Å². The van der Waals surface area contributed by atoms with Gasteiger partial charge >= 0.3 is 0 Å². The van der Waals surface area contributed by atoms with E-state index in [4.69, 9.17) is 11.6 Å². The number of ketones is 1. The van der Waals surface area contributed by atoms with Crippen molar-refractivity contribution < 1.29 is 4.79 Å². The number of benzene rings is 1. The fourth-order valence-corrected chi connectivity index (χ4v) is 1.82. The van der Waals surface area contributed by atoms with Gasteiger partial charge in [0.15, 0.2) is 0 Å². The number of Topliss-reactive ketones (excluding diaryl/α,β-unsaturated/α-hetero) is 1. The Kier molecular flexibility index (Phi) is 3.97. The summed E-state index contributed by atoms with van der Waals surface area (Å²) in [6.45, 7) is 0.519. The van der Waals surface area contributed by atoms with Crippen LogP contribution in [0.25, 0.3) is 0 Å². The smallest absolute Gasteiger partial charge is 0.146 e. The first-order valence-electron chi connectivity index (χ1n) is 5.73.